The Balaban J connectivity index is 1.90. The van der Waals surface area contributed by atoms with Crippen molar-refractivity contribution in [3.05, 3.63) is 29.8 Å². The largest absolute Gasteiger partial charge is 0.491 e. The summed E-state index contributed by atoms with van der Waals surface area (Å²) in [4.78, 5) is 0. The average Bonchev–Trinajstić information content (AvgIpc) is 2.99. The Bertz CT molecular complexity index is 294. The van der Waals surface area contributed by atoms with Gasteiger partial charge in [-0.3, -0.25) is 0 Å². The molecule has 0 radical (unpaired) electrons. The number of benzene rings is 1. The van der Waals surface area contributed by atoms with Crippen LogP contribution in [0.25, 0.3) is 0 Å². The molecule has 14 heavy (non-hydrogen) atoms. The molecule has 1 saturated heterocycles. The van der Waals surface area contributed by atoms with Crippen molar-refractivity contribution in [2.75, 3.05) is 20.3 Å². The SMILES string of the molecule is COCc1cccc(OCC2CO2)c1. The highest BCUT2D eigenvalue weighted by Crippen LogP contribution is 2.16. The van der Waals surface area contributed by atoms with Crippen molar-refractivity contribution in [1.82, 2.24) is 0 Å². The molecule has 0 bridgehead atoms. The fourth-order valence-corrected chi connectivity index (χ4v) is 1.25. The van der Waals surface area contributed by atoms with Crippen molar-refractivity contribution in [2.45, 2.75) is 12.7 Å². The minimum atomic E-state index is 0.307. The predicted octanol–water partition coefficient (Wildman–Crippen LogP) is 1.61. The van der Waals surface area contributed by atoms with Crippen LogP contribution in [0.2, 0.25) is 0 Å². The Morgan fingerprint density at radius 2 is 2.36 bits per heavy atom. The molecule has 1 unspecified atom stereocenters. The van der Waals surface area contributed by atoms with E-state index in [1.54, 1.807) is 7.11 Å². The van der Waals surface area contributed by atoms with Gasteiger partial charge < -0.3 is 14.2 Å². The van der Waals surface area contributed by atoms with Crippen molar-refractivity contribution in [3.63, 3.8) is 0 Å². The van der Waals surface area contributed by atoms with Crippen LogP contribution in [0, 0.1) is 0 Å². The van der Waals surface area contributed by atoms with Gasteiger partial charge in [-0.2, -0.15) is 0 Å². The van der Waals surface area contributed by atoms with Gasteiger partial charge in [0.15, 0.2) is 0 Å². The average molecular weight is 194 g/mol. The maximum atomic E-state index is 5.54. The molecule has 1 fully saturated rings. The second-order valence-electron chi connectivity index (χ2n) is 3.35. The lowest BCUT2D eigenvalue weighted by Gasteiger charge is -2.05. The monoisotopic (exact) mass is 194 g/mol. The predicted molar refractivity (Wildman–Crippen MR) is 52.4 cm³/mol. The summed E-state index contributed by atoms with van der Waals surface area (Å²) in [5.74, 6) is 0.884. The molecule has 1 aromatic carbocycles. The van der Waals surface area contributed by atoms with Crippen LogP contribution >= 0.6 is 0 Å². The van der Waals surface area contributed by atoms with Crippen LogP contribution in [-0.2, 0) is 16.1 Å². The van der Waals surface area contributed by atoms with Gasteiger partial charge in [-0.1, -0.05) is 12.1 Å². The van der Waals surface area contributed by atoms with Crippen molar-refractivity contribution in [3.8, 4) is 5.75 Å². The standard InChI is InChI=1S/C11H14O3/c1-12-6-9-3-2-4-10(5-9)13-7-11-8-14-11/h2-5,11H,6-8H2,1H3. The number of ether oxygens (including phenoxy) is 3. The van der Waals surface area contributed by atoms with Gasteiger partial charge >= 0.3 is 0 Å². The van der Waals surface area contributed by atoms with Crippen molar-refractivity contribution < 1.29 is 14.2 Å². The first kappa shape index (κ1) is 9.49. The molecular formula is C11H14O3. The number of epoxide rings is 1. The van der Waals surface area contributed by atoms with E-state index in [4.69, 9.17) is 14.2 Å². The van der Waals surface area contributed by atoms with Gasteiger partial charge in [-0.15, -0.1) is 0 Å². The molecule has 1 heterocycles. The van der Waals surface area contributed by atoms with E-state index in [2.05, 4.69) is 0 Å². The Hall–Kier alpha value is -1.06. The summed E-state index contributed by atoms with van der Waals surface area (Å²) in [6.07, 6.45) is 0.307. The first-order chi connectivity index (χ1) is 6.88. The number of rotatable bonds is 5. The Kier molecular flexibility index (Phi) is 3.01. The molecule has 1 atom stereocenters. The molecule has 0 amide bonds. The highest BCUT2D eigenvalue weighted by Gasteiger charge is 2.22. The van der Waals surface area contributed by atoms with E-state index in [-0.39, 0.29) is 0 Å². The molecule has 0 aromatic heterocycles. The van der Waals surface area contributed by atoms with E-state index >= 15 is 0 Å². The molecule has 3 heteroatoms. The van der Waals surface area contributed by atoms with Gasteiger partial charge in [0.1, 0.15) is 18.5 Å². The van der Waals surface area contributed by atoms with Crippen LogP contribution in [0.3, 0.4) is 0 Å². The zero-order valence-corrected chi connectivity index (χ0v) is 8.23. The van der Waals surface area contributed by atoms with Crippen LogP contribution < -0.4 is 4.74 Å². The molecule has 0 N–H and O–H groups in total. The van der Waals surface area contributed by atoms with Gasteiger partial charge in [-0.05, 0) is 17.7 Å². The Labute approximate surface area is 83.6 Å². The molecule has 0 saturated carbocycles. The highest BCUT2D eigenvalue weighted by atomic mass is 16.6. The zero-order chi connectivity index (χ0) is 9.80. The molecule has 3 nitrogen and oxygen atoms in total. The van der Waals surface area contributed by atoms with E-state index in [0.29, 0.717) is 19.3 Å². The second kappa shape index (κ2) is 4.44. The van der Waals surface area contributed by atoms with Crippen LogP contribution in [0.1, 0.15) is 5.56 Å². The molecule has 2 rings (SSSR count). The Morgan fingerprint density at radius 3 is 3.07 bits per heavy atom. The smallest absolute Gasteiger partial charge is 0.119 e. The molecule has 1 aromatic rings. The fraction of sp³-hybridized carbons (Fsp3) is 0.455. The van der Waals surface area contributed by atoms with Crippen LogP contribution in [0.4, 0.5) is 0 Å². The van der Waals surface area contributed by atoms with Gasteiger partial charge in [0, 0.05) is 7.11 Å². The van der Waals surface area contributed by atoms with Crippen LogP contribution in [-0.4, -0.2) is 26.4 Å². The topological polar surface area (TPSA) is 31.0 Å². The van der Waals surface area contributed by atoms with Crippen molar-refractivity contribution in [2.24, 2.45) is 0 Å². The lowest BCUT2D eigenvalue weighted by molar-refractivity contribution is 0.184. The van der Waals surface area contributed by atoms with Gasteiger partial charge in [0.05, 0.1) is 13.2 Å². The van der Waals surface area contributed by atoms with E-state index in [1.165, 1.54) is 0 Å². The van der Waals surface area contributed by atoms with Gasteiger partial charge in [-0.25, -0.2) is 0 Å². The lowest BCUT2D eigenvalue weighted by Crippen LogP contribution is -2.04. The Morgan fingerprint density at radius 1 is 1.50 bits per heavy atom. The number of hydrogen-bond acceptors (Lipinski definition) is 3. The van der Waals surface area contributed by atoms with E-state index in [9.17, 15) is 0 Å². The molecule has 0 aliphatic carbocycles. The summed E-state index contributed by atoms with van der Waals surface area (Å²) in [6.45, 7) is 2.10. The first-order valence-electron chi connectivity index (χ1n) is 4.71. The third-order valence-corrected chi connectivity index (χ3v) is 2.05. The molecular weight excluding hydrogens is 180 g/mol. The fourth-order valence-electron chi connectivity index (χ4n) is 1.25. The van der Waals surface area contributed by atoms with Gasteiger partial charge in [0.25, 0.3) is 0 Å². The number of hydrogen-bond donors (Lipinski definition) is 0. The zero-order valence-electron chi connectivity index (χ0n) is 8.23. The van der Waals surface area contributed by atoms with E-state index in [1.807, 2.05) is 24.3 Å². The number of methoxy groups -OCH3 is 1. The quantitative estimate of drug-likeness (QED) is 0.667. The molecule has 1 aliphatic rings. The summed E-state index contributed by atoms with van der Waals surface area (Å²) in [6, 6.07) is 7.93. The van der Waals surface area contributed by atoms with Crippen molar-refractivity contribution >= 4 is 0 Å². The lowest BCUT2D eigenvalue weighted by atomic mass is 10.2. The molecule has 76 valence electrons. The minimum absolute atomic E-state index is 0.307. The summed E-state index contributed by atoms with van der Waals surface area (Å²) >= 11 is 0. The minimum Gasteiger partial charge on any atom is -0.491 e. The summed E-state index contributed by atoms with van der Waals surface area (Å²) in [5.41, 5.74) is 1.13. The van der Waals surface area contributed by atoms with Crippen LogP contribution in [0.5, 0.6) is 5.75 Å². The van der Waals surface area contributed by atoms with Crippen molar-refractivity contribution in [1.29, 1.82) is 0 Å². The molecule has 0 spiro atoms. The van der Waals surface area contributed by atoms with Crippen LogP contribution in [0.15, 0.2) is 24.3 Å². The van der Waals surface area contributed by atoms with Gasteiger partial charge in [0.2, 0.25) is 0 Å². The molecule has 1 aliphatic heterocycles. The highest BCUT2D eigenvalue weighted by molar-refractivity contribution is 5.28. The maximum Gasteiger partial charge on any atom is 0.119 e. The maximum absolute atomic E-state index is 5.54. The van der Waals surface area contributed by atoms with E-state index in [0.717, 1.165) is 17.9 Å². The second-order valence-corrected chi connectivity index (χ2v) is 3.35. The summed E-state index contributed by atoms with van der Waals surface area (Å²) in [7, 11) is 1.69. The van der Waals surface area contributed by atoms with E-state index < -0.39 is 0 Å². The third-order valence-electron chi connectivity index (χ3n) is 2.05. The normalized spacial score (nSPS) is 19.4. The summed E-state index contributed by atoms with van der Waals surface area (Å²) in [5, 5.41) is 0. The first-order valence-corrected chi connectivity index (χ1v) is 4.71. The summed E-state index contributed by atoms with van der Waals surface area (Å²) < 4.78 is 15.6. The third kappa shape index (κ3) is 2.72.